The number of amides is 1. The van der Waals surface area contributed by atoms with Crippen molar-refractivity contribution in [2.24, 2.45) is 5.10 Å². The summed E-state index contributed by atoms with van der Waals surface area (Å²) in [5.41, 5.74) is 5.92. The minimum Gasteiger partial charge on any atom is -0.489 e. The summed E-state index contributed by atoms with van der Waals surface area (Å²) in [7, 11) is 0. The predicted octanol–water partition coefficient (Wildman–Crippen LogP) is 4.99. The van der Waals surface area contributed by atoms with Crippen LogP contribution in [0.3, 0.4) is 0 Å². The number of carbonyl (C=O) groups is 1. The number of rotatable bonds is 6. The number of nitrogens with one attached hydrogen (secondary N) is 1. The van der Waals surface area contributed by atoms with E-state index in [1.54, 1.807) is 12.3 Å². The van der Waals surface area contributed by atoms with Gasteiger partial charge in [-0.05, 0) is 55.0 Å². The third-order valence-corrected chi connectivity index (χ3v) is 4.26. The lowest BCUT2D eigenvalue weighted by molar-refractivity contribution is 0.0955. The van der Waals surface area contributed by atoms with Gasteiger partial charge in [0.15, 0.2) is 0 Å². The summed E-state index contributed by atoms with van der Waals surface area (Å²) in [4.78, 5) is 12.0. The summed E-state index contributed by atoms with van der Waals surface area (Å²) >= 11 is 6.12. The van der Waals surface area contributed by atoms with Gasteiger partial charge in [-0.2, -0.15) is 5.10 Å². The molecule has 0 aromatic heterocycles. The van der Waals surface area contributed by atoms with E-state index in [2.05, 4.69) is 10.5 Å². The minimum atomic E-state index is -0.241. The number of hydrazone groups is 1. The third kappa shape index (κ3) is 5.43. The number of hydrogen-bond acceptors (Lipinski definition) is 3. The van der Waals surface area contributed by atoms with Crippen LogP contribution in [0.5, 0.6) is 5.75 Å². The standard InChI is InChI=1S/C22H19ClN2O2/c1-16-5-4-7-18(13-16)22(26)25-24-14-17-9-11-20(12-10-17)27-15-19-6-2-3-8-21(19)23/h2-14H,15H2,1H3,(H,25,26)/b24-14+. The molecule has 3 aromatic carbocycles. The fraction of sp³-hybridized carbons (Fsp3) is 0.0909. The summed E-state index contributed by atoms with van der Waals surface area (Å²) in [5, 5.41) is 4.69. The van der Waals surface area contributed by atoms with E-state index in [9.17, 15) is 4.79 Å². The smallest absolute Gasteiger partial charge is 0.271 e. The highest BCUT2D eigenvalue weighted by molar-refractivity contribution is 6.31. The van der Waals surface area contributed by atoms with E-state index in [0.29, 0.717) is 17.2 Å². The molecule has 1 N–H and O–H groups in total. The molecule has 0 bridgehead atoms. The van der Waals surface area contributed by atoms with Gasteiger partial charge in [0.05, 0.1) is 6.21 Å². The molecule has 27 heavy (non-hydrogen) atoms. The first-order valence-corrected chi connectivity index (χ1v) is 8.86. The second-order valence-electron chi connectivity index (χ2n) is 6.02. The van der Waals surface area contributed by atoms with E-state index < -0.39 is 0 Å². The zero-order chi connectivity index (χ0) is 19.1. The van der Waals surface area contributed by atoms with Crippen LogP contribution in [-0.4, -0.2) is 12.1 Å². The Morgan fingerprint density at radius 2 is 1.85 bits per heavy atom. The van der Waals surface area contributed by atoms with E-state index >= 15 is 0 Å². The SMILES string of the molecule is Cc1cccc(C(=O)N/N=C/c2ccc(OCc3ccccc3Cl)cc2)c1. The van der Waals surface area contributed by atoms with Crippen LogP contribution < -0.4 is 10.2 Å². The Bertz CT molecular complexity index is 953. The molecule has 5 heteroatoms. The van der Waals surface area contributed by atoms with E-state index in [1.165, 1.54) is 0 Å². The van der Waals surface area contributed by atoms with Crippen LogP contribution in [0.25, 0.3) is 0 Å². The lowest BCUT2D eigenvalue weighted by Crippen LogP contribution is -2.17. The largest absolute Gasteiger partial charge is 0.489 e. The van der Waals surface area contributed by atoms with E-state index in [0.717, 1.165) is 22.4 Å². The Morgan fingerprint density at radius 1 is 1.07 bits per heavy atom. The maximum Gasteiger partial charge on any atom is 0.271 e. The molecule has 3 aromatic rings. The first kappa shape index (κ1) is 18.7. The monoisotopic (exact) mass is 378 g/mol. The van der Waals surface area contributed by atoms with Gasteiger partial charge in [-0.25, -0.2) is 5.43 Å². The van der Waals surface area contributed by atoms with Crippen molar-refractivity contribution in [3.05, 3.63) is 100 Å². The fourth-order valence-electron chi connectivity index (χ4n) is 2.44. The highest BCUT2D eigenvalue weighted by Gasteiger charge is 2.03. The molecule has 4 nitrogen and oxygen atoms in total. The van der Waals surface area contributed by atoms with Crippen molar-refractivity contribution in [2.45, 2.75) is 13.5 Å². The van der Waals surface area contributed by atoms with Crippen molar-refractivity contribution in [3.63, 3.8) is 0 Å². The van der Waals surface area contributed by atoms with Crippen molar-refractivity contribution in [1.29, 1.82) is 0 Å². The van der Waals surface area contributed by atoms with Gasteiger partial charge in [0.25, 0.3) is 5.91 Å². The number of benzene rings is 3. The second-order valence-corrected chi connectivity index (χ2v) is 6.42. The summed E-state index contributed by atoms with van der Waals surface area (Å²) in [5.74, 6) is 0.491. The zero-order valence-electron chi connectivity index (χ0n) is 14.9. The zero-order valence-corrected chi connectivity index (χ0v) is 15.6. The maximum atomic E-state index is 12.0. The van der Waals surface area contributed by atoms with Gasteiger partial charge < -0.3 is 4.74 Å². The Morgan fingerprint density at radius 3 is 2.59 bits per heavy atom. The average Bonchev–Trinajstić information content (AvgIpc) is 2.68. The topological polar surface area (TPSA) is 50.7 Å². The number of carbonyl (C=O) groups excluding carboxylic acids is 1. The van der Waals surface area contributed by atoms with Gasteiger partial charge in [0.1, 0.15) is 12.4 Å². The minimum absolute atomic E-state index is 0.241. The highest BCUT2D eigenvalue weighted by Crippen LogP contribution is 2.18. The summed E-state index contributed by atoms with van der Waals surface area (Å²) in [6.45, 7) is 2.34. The van der Waals surface area contributed by atoms with Gasteiger partial charge in [-0.3, -0.25) is 4.79 Å². The molecule has 0 radical (unpaired) electrons. The lowest BCUT2D eigenvalue weighted by Gasteiger charge is -2.07. The molecule has 0 saturated carbocycles. The van der Waals surface area contributed by atoms with Crippen LogP contribution in [0.4, 0.5) is 0 Å². The molecule has 136 valence electrons. The molecule has 0 fully saturated rings. The average molecular weight is 379 g/mol. The van der Waals surface area contributed by atoms with Crippen LogP contribution in [0.2, 0.25) is 5.02 Å². The lowest BCUT2D eigenvalue weighted by atomic mass is 10.1. The van der Waals surface area contributed by atoms with Gasteiger partial charge in [-0.15, -0.1) is 0 Å². The van der Waals surface area contributed by atoms with Crippen molar-refractivity contribution in [2.75, 3.05) is 0 Å². The van der Waals surface area contributed by atoms with Crippen molar-refractivity contribution in [3.8, 4) is 5.75 Å². The third-order valence-electron chi connectivity index (χ3n) is 3.89. The Balaban J connectivity index is 1.53. The number of aryl methyl sites for hydroxylation is 1. The molecule has 0 aliphatic heterocycles. The molecule has 0 aliphatic carbocycles. The first-order valence-electron chi connectivity index (χ1n) is 8.48. The van der Waals surface area contributed by atoms with Crippen molar-refractivity contribution in [1.82, 2.24) is 5.43 Å². The molecule has 0 saturated heterocycles. The molecular weight excluding hydrogens is 360 g/mol. The van der Waals surface area contributed by atoms with Crippen molar-refractivity contribution >= 4 is 23.7 Å². The molecule has 0 heterocycles. The Labute approximate surface area is 163 Å². The van der Waals surface area contributed by atoms with Gasteiger partial charge in [0.2, 0.25) is 0 Å². The molecule has 0 spiro atoms. The van der Waals surface area contributed by atoms with E-state index in [1.807, 2.05) is 73.7 Å². The van der Waals surface area contributed by atoms with Crippen LogP contribution in [0, 0.1) is 6.92 Å². The van der Waals surface area contributed by atoms with Crippen molar-refractivity contribution < 1.29 is 9.53 Å². The van der Waals surface area contributed by atoms with E-state index in [4.69, 9.17) is 16.3 Å². The van der Waals surface area contributed by atoms with Gasteiger partial charge in [0, 0.05) is 16.1 Å². The van der Waals surface area contributed by atoms with E-state index in [-0.39, 0.29) is 5.91 Å². The number of ether oxygens (including phenoxy) is 1. The van der Waals surface area contributed by atoms with Crippen LogP contribution in [-0.2, 0) is 6.61 Å². The highest BCUT2D eigenvalue weighted by atomic mass is 35.5. The molecular formula is C22H19ClN2O2. The molecule has 1 amide bonds. The second kappa shape index (κ2) is 9.01. The number of halogens is 1. The maximum absolute atomic E-state index is 12.0. The predicted molar refractivity (Wildman–Crippen MR) is 108 cm³/mol. The Kier molecular flexibility index (Phi) is 6.23. The fourth-order valence-corrected chi connectivity index (χ4v) is 2.63. The normalized spacial score (nSPS) is 10.7. The Hall–Kier alpha value is -3.11. The summed E-state index contributed by atoms with van der Waals surface area (Å²) < 4.78 is 5.74. The van der Waals surface area contributed by atoms with Gasteiger partial charge in [-0.1, -0.05) is 47.5 Å². The van der Waals surface area contributed by atoms with Gasteiger partial charge >= 0.3 is 0 Å². The molecule has 0 atom stereocenters. The molecule has 0 aliphatic rings. The molecule has 0 unspecified atom stereocenters. The summed E-state index contributed by atoms with van der Waals surface area (Å²) in [6, 6.07) is 22.4. The van der Waals surface area contributed by atoms with Crippen LogP contribution >= 0.6 is 11.6 Å². The molecule has 3 rings (SSSR count). The first-order chi connectivity index (χ1) is 13.1. The number of nitrogens with zero attached hydrogens (tertiary/aromatic N) is 1. The van der Waals surface area contributed by atoms with Crippen LogP contribution in [0.1, 0.15) is 27.0 Å². The van der Waals surface area contributed by atoms with Crippen LogP contribution in [0.15, 0.2) is 77.9 Å². The number of hydrogen-bond donors (Lipinski definition) is 1. The quantitative estimate of drug-likeness (QED) is 0.485. The summed E-state index contributed by atoms with van der Waals surface area (Å²) in [6.07, 6.45) is 1.59.